The summed E-state index contributed by atoms with van der Waals surface area (Å²) in [6.07, 6.45) is 4.10. The van der Waals surface area contributed by atoms with Crippen molar-refractivity contribution in [2.24, 2.45) is 0 Å². The predicted octanol–water partition coefficient (Wildman–Crippen LogP) is 7.03. The molecule has 0 saturated carbocycles. The summed E-state index contributed by atoms with van der Waals surface area (Å²) < 4.78 is 22.7. The fourth-order valence-electron chi connectivity index (χ4n) is 4.27. The zero-order valence-corrected chi connectivity index (χ0v) is 28.6. The summed E-state index contributed by atoms with van der Waals surface area (Å²) in [7, 11) is -0.257. The zero-order valence-electron chi connectivity index (χ0n) is 26.1. The molecule has 2 amide bonds. The van der Waals surface area contributed by atoms with Crippen LogP contribution in [0.3, 0.4) is 0 Å². The summed E-state index contributed by atoms with van der Waals surface area (Å²) in [4.78, 5) is 22.8. The highest BCUT2D eigenvalue weighted by molar-refractivity contribution is 6.74. The van der Waals surface area contributed by atoms with E-state index < -0.39 is 25.2 Å². The standard InChI is InChI=1S/C32H48Cl2N2O6Si/c1-32(2,21-25-15-17-27(39-3)18-16-25)43(4,5)41-20-12-7-6-11-19-35-31(38)36-22-28(42-30(37)29(33)34)24-40-23-26-13-9-8-10-14-26/h8-10,13-18,28-29H,6-7,11-12,19-24H2,1-5H3,(H2,35,36,38). The van der Waals surface area contributed by atoms with Crippen molar-refractivity contribution in [3.05, 3.63) is 65.7 Å². The van der Waals surface area contributed by atoms with Crippen LogP contribution in [0.15, 0.2) is 54.6 Å². The van der Waals surface area contributed by atoms with Crippen molar-refractivity contribution in [2.45, 2.75) is 81.6 Å². The smallest absolute Gasteiger partial charge is 0.339 e. The molecular formula is C32H48Cl2N2O6Si. The van der Waals surface area contributed by atoms with Crippen LogP contribution in [0, 0.1) is 0 Å². The van der Waals surface area contributed by atoms with E-state index in [4.69, 9.17) is 41.8 Å². The number of carbonyl (C=O) groups is 2. The Balaban J connectivity index is 1.61. The number of nitrogens with one attached hydrogen (secondary N) is 2. The number of urea groups is 1. The number of hydrogen-bond donors (Lipinski definition) is 2. The minimum atomic E-state index is -1.94. The van der Waals surface area contributed by atoms with Gasteiger partial charge in [0.25, 0.3) is 0 Å². The first-order chi connectivity index (χ1) is 20.4. The van der Waals surface area contributed by atoms with E-state index in [1.165, 1.54) is 5.56 Å². The third-order valence-corrected chi connectivity index (χ3v) is 12.3. The Morgan fingerprint density at radius 3 is 2.23 bits per heavy atom. The highest BCUT2D eigenvalue weighted by atomic mass is 35.5. The van der Waals surface area contributed by atoms with Crippen LogP contribution in [0.25, 0.3) is 0 Å². The average Bonchev–Trinajstić information content (AvgIpc) is 2.97. The Bertz CT molecular complexity index is 1090. The molecule has 0 bridgehead atoms. The monoisotopic (exact) mass is 654 g/mol. The quantitative estimate of drug-likeness (QED) is 0.0689. The van der Waals surface area contributed by atoms with Gasteiger partial charge >= 0.3 is 12.0 Å². The van der Waals surface area contributed by atoms with Crippen molar-refractivity contribution in [1.82, 2.24) is 10.6 Å². The van der Waals surface area contributed by atoms with Crippen molar-refractivity contribution in [3.8, 4) is 5.75 Å². The molecule has 240 valence electrons. The molecule has 0 spiro atoms. The average molecular weight is 656 g/mol. The molecule has 0 aliphatic rings. The van der Waals surface area contributed by atoms with Crippen LogP contribution in [0.1, 0.15) is 50.7 Å². The Morgan fingerprint density at radius 1 is 0.907 bits per heavy atom. The SMILES string of the molecule is COc1ccc(CC(C)(C)[Si](C)(C)OCCCCCCNC(=O)NCC(COCc2ccccc2)OC(=O)C(Cl)Cl)cc1. The lowest BCUT2D eigenvalue weighted by Crippen LogP contribution is -2.43. The van der Waals surface area contributed by atoms with Gasteiger partial charge in [-0.3, -0.25) is 0 Å². The molecule has 0 heterocycles. The summed E-state index contributed by atoms with van der Waals surface area (Å²) in [5.41, 5.74) is 2.27. The lowest BCUT2D eigenvalue weighted by molar-refractivity contribution is -0.149. The zero-order chi connectivity index (χ0) is 31.7. The van der Waals surface area contributed by atoms with E-state index in [0.717, 1.165) is 50.0 Å². The highest BCUT2D eigenvalue weighted by Gasteiger charge is 2.40. The van der Waals surface area contributed by atoms with Gasteiger partial charge in [0.05, 0.1) is 26.9 Å². The molecule has 2 rings (SSSR count). The van der Waals surface area contributed by atoms with Gasteiger partial charge in [-0.05, 0) is 60.7 Å². The molecule has 0 aliphatic carbocycles. The number of amides is 2. The van der Waals surface area contributed by atoms with E-state index in [-0.39, 0.29) is 24.2 Å². The predicted molar refractivity (Wildman–Crippen MR) is 176 cm³/mol. The number of hydrogen-bond acceptors (Lipinski definition) is 6. The normalized spacial score (nSPS) is 12.6. The molecule has 2 aromatic rings. The number of halogens is 2. The van der Waals surface area contributed by atoms with Crippen LogP contribution < -0.4 is 15.4 Å². The van der Waals surface area contributed by atoms with E-state index in [0.29, 0.717) is 13.2 Å². The fraction of sp³-hybridized carbons (Fsp3) is 0.562. The molecule has 0 saturated heterocycles. The molecule has 0 aliphatic heterocycles. The number of rotatable bonds is 20. The van der Waals surface area contributed by atoms with Gasteiger partial charge in [0.1, 0.15) is 11.9 Å². The van der Waals surface area contributed by atoms with Gasteiger partial charge in [-0.15, -0.1) is 0 Å². The molecular weight excluding hydrogens is 607 g/mol. The minimum absolute atomic E-state index is 0.0681. The van der Waals surface area contributed by atoms with Crippen LogP contribution in [-0.4, -0.2) is 64.7 Å². The third kappa shape index (κ3) is 14.4. The first-order valence-electron chi connectivity index (χ1n) is 14.8. The van der Waals surface area contributed by atoms with Gasteiger partial charge in [0.2, 0.25) is 4.84 Å². The first-order valence-corrected chi connectivity index (χ1v) is 18.6. The van der Waals surface area contributed by atoms with Gasteiger partial charge in [0.15, 0.2) is 8.32 Å². The number of benzene rings is 2. The van der Waals surface area contributed by atoms with Gasteiger partial charge in [-0.2, -0.15) is 0 Å². The van der Waals surface area contributed by atoms with Crippen LogP contribution in [-0.2, 0) is 31.7 Å². The topological polar surface area (TPSA) is 95.1 Å². The summed E-state index contributed by atoms with van der Waals surface area (Å²) in [5.74, 6) is 0.0875. The number of esters is 1. The summed E-state index contributed by atoms with van der Waals surface area (Å²) in [6.45, 7) is 11.0. The van der Waals surface area contributed by atoms with Crippen molar-refractivity contribution in [2.75, 3.05) is 33.4 Å². The number of methoxy groups -OCH3 is 1. The Labute approximate surface area is 268 Å². The Hall–Kier alpha value is -2.30. The van der Waals surface area contributed by atoms with Crippen molar-refractivity contribution >= 4 is 43.5 Å². The van der Waals surface area contributed by atoms with Crippen LogP contribution in [0.2, 0.25) is 18.1 Å². The van der Waals surface area contributed by atoms with Crippen molar-refractivity contribution < 1.29 is 28.2 Å². The van der Waals surface area contributed by atoms with Crippen molar-refractivity contribution in [1.29, 1.82) is 0 Å². The molecule has 2 N–H and O–H groups in total. The summed E-state index contributed by atoms with van der Waals surface area (Å²) in [5, 5.41) is 5.65. The molecule has 0 fully saturated rings. The van der Waals surface area contributed by atoms with E-state index >= 15 is 0 Å². The maximum atomic E-state index is 12.3. The number of ether oxygens (including phenoxy) is 3. The van der Waals surface area contributed by atoms with E-state index in [1.807, 2.05) is 42.5 Å². The Morgan fingerprint density at radius 2 is 1.58 bits per heavy atom. The lowest BCUT2D eigenvalue weighted by atomic mass is 10.0. The molecule has 0 radical (unpaired) electrons. The number of unbranched alkanes of at least 4 members (excludes halogenated alkanes) is 3. The number of carbonyl (C=O) groups excluding carboxylic acids is 2. The molecule has 0 aromatic heterocycles. The Kier molecular flexibility index (Phi) is 16.4. The highest BCUT2D eigenvalue weighted by Crippen LogP contribution is 2.41. The fourth-order valence-corrected chi connectivity index (χ4v) is 6.05. The number of alkyl halides is 2. The lowest BCUT2D eigenvalue weighted by Gasteiger charge is -2.39. The second-order valence-electron chi connectivity index (χ2n) is 11.7. The maximum Gasteiger partial charge on any atom is 0.339 e. The first kappa shape index (κ1) is 36.9. The van der Waals surface area contributed by atoms with Gasteiger partial charge in [-0.1, -0.05) is 92.4 Å². The van der Waals surface area contributed by atoms with E-state index in [2.05, 4.69) is 49.7 Å². The van der Waals surface area contributed by atoms with E-state index in [9.17, 15) is 9.59 Å². The largest absolute Gasteiger partial charge is 0.497 e. The second kappa shape index (κ2) is 19.2. The maximum absolute atomic E-state index is 12.3. The third-order valence-electron chi connectivity index (χ3n) is 7.62. The van der Waals surface area contributed by atoms with Crippen LogP contribution in [0.4, 0.5) is 4.79 Å². The van der Waals surface area contributed by atoms with Gasteiger partial charge < -0.3 is 29.3 Å². The van der Waals surface area contributed by atoms with Crippen LogP contribution >= 0.6 is 23.2 Å². The molecule has 8 nitrogen and oxygen atoms in total. The molecule has 1 unspecified atom stereocenters. The van der Waals surface area contributed by atoms with Crippen molar-refractivity contribution in [3.63, 3.8) is 0 Å². The summed E-state index contributed by atoms with van der Waals surface area (Å²) in [6, 6.07) is 17.5. The second-order valence-corrected chi connectivity index (χ2v) is 17.4. The minimum Gasteiger partial charge on any atom is -0.497 e. The molecule has 43 heavy (non-hydrogen) atoms. The van der Waals surface area contributed by atoms with E-state index in [1.54, 1.807) is 7.11 Å². The molecule has 11 heteroatoms. The van der Waals surface area contributed by atoms with Gasteiger partial charge in [0, 0.05) is 13.2 Å². The van der Waals surface area contributed by atoms with Gasteiger partial charge in [-0.25, -0.2) is 9.59 Å². The summed E-state index contributed by atoms with van der Waals surface area (Å²) >= 11 is 11.2. The molecule has 1 atom stereocenters. The van der Waals surface area contributed by atoms with Crippen LogP contribution in [0.5, 0.6) is 5.75 Å². The molecule has 2 aromatic carbocycles.